The molecular weight excluding hydrogens is 316 g/mol. The van der Waals surface area contributed by atoms with Gasteiger partial charge in [-0.1, -0.05) is 13.3 Å². The number of likely N-dealkylation sites (tertiary alicyclic amines) is 1. The third-order valence-corrected chi connectivity index (χ3v) is 5.09. The second kappa shape index (κ2) is 7.59. The number of amidine groups is 1. The van der Waals surface area contributed by atoms with Gasteiger partial charge in [0.05, 0.1) is 17.6 Å². The van der Waals surface area contributed by atoms with E-state index in [4.69, 9.17) is 0 Å². The smallest absolute Gasteiger partial charge is 0.337 e. The van der Waals surface area contributed by atoms with E-state index < -0.39 is 16.0 Å². The summed E-state index contributed by atoms with van der Waals surface area (Å²) in [6, 6.07) is 5.64. The van der Waals surface area contributed by atoms with Gasteiger partial charge in [0.15, 0.2) is 0 Å². The van der Waals surface area contributed by atoms with Crippen molar-refractivity contribution in [3.05, 3.63) is 29.8 Å². The average Bonchev–Trinajstić information content (AvgIpc) is 2.98. The Bertz CT molecular complexity index is 681. The van der Waals surface area contributed by atoms with Gasteiger partial charge in [0.1, 0.15) is 5.84 Å². The van der Waals surface area contributed by atoms with E-state index in [0.29, 0.717) is 17.8 Å². The van der Waals surface area contributed by atoms with Gasteiger partial charge in [-0.25, -0.2) is 4.79 Å². The summed E-state index contributed by atoms with van der Waals surface area (Å²) in [5.74, 6) is 0.136. The number of ether oxygens (including phenoxy) is 1. The first-order valence-electron chi connectivity index (χ1n) is 7.75. The molecule has 0 radical (unpaired) electrons. The first-order valence-corrected chi connectivity index (χ1v) is 9.19. The van der Waals surface area contributed by atoms with Gasteiger partial charge in [-0.15, -0.1) is 4.40 Å². The molecule has 0 unspecified atom stereocenters. The summed E-state index contributed by atoms with van der Waals surface area (Å²) < 4.78 is 33.5. The first-order chi connectivity index (χ1) is 11.0. The molecule has 0 amide bonds. The number of benzene rings is 1. The Balaban J connectivity index is 2.20. The molecule has 0 spiro atoms. The maximum Gasteiger partial charge on any atom is 0.337 e. The molecule has 1 fully saturated rings. The topological polar surface area (TPSA) is 76.0 Å². The molecule has 0 N–H and O–H groups in total. The lowest BCUT2D eigenvalue weighted by atomic mass is 10.2. The second-order valence-corrected chi connectivity index (χ2v) is 7.05. The molecule has 1 saturated heterocycles. The van der Waals surface area contributed by atoms with Crippen molar-refractivity contribution in [1.82, 2.24) is 4.90 Å². The average molecular weight is 338 g/mol. The number of nitrogens with zero attached hydrogens (tertiary/aromatic N) is 2. The highest BCUT2D eigenvalue weighted by Gasteiger charge is 2.22. The van der Waals surface area contributed by atoms with Crippen LogP contribution in [-0.2, 0) is 14.8 Å². The number of hydrogen-bond acceptors (Lipinski definition) is 4. The highest BCUT2D eigenvalue weighted by molar-refractivity contribution is 7.90. The van der Waals surface area contributed by atoms with Crippen molar-refractivity contribution in [3.63, 3.8) is 0 Å². The number of carbonyl (C=O) groups excluding carboxylic acids is 1. The number of esters is 1. The third-order valence-electron chi connectivity index (χ3n) is 3.77. The summed E-state index contributed by atoms with van der Waals surface area (Å²) in [5.41, 5.74) is 0.310. The van der Waals surface area contributed by atoms with E-state index in [0.717, 1.165) is 32.4 Å². The quantitative estimate of drug-likeness (QED) is 0.745. The lowest BCUT2D eigenvalue weighted by molar-refractivity contribution is 0.0600. The van der Waals surface area contributed by atoms with Crippen LogP contribution in [0.5, 0.6) is 0 Å². The molecule has 0 saturated carbocycles. The van der Waals surface area contributed by atoms with Crippen LogP contribution in [0.1, 0.15) is 43.0 Å². The zero-order valence-electron chi connectivity index (χ0n) is 13.5. The van der Waals surface area contributed by atoms with E-state index in [9.17, 15) is 13.2 Å². The molecule has 1 aliphatic rings. The van der Waals surface area contributed by atoms with Crippen LogP contribution in [0.3, 0.4) is 0 Å². The van der Waals surface area contributed by atoms with Crippen LogP contribution in [0.2, 0.25) is 0 Å². The Hall–Kier alpha value is -1.89. The molecule has 1 aromatic rings. The molecule has 1 aromatic carbocycles. The Labute approximate surface area is 137 Å². The van der Waals surface area contributed by atoms with E-state index >= 15 is 0 Å². The van der Waals surface area contributed by atoms with Gasteiger partial charge in [-0.2, -0.15) is 8.42 Å². The van der Waals surface area contributed by atoms with Gasteiger partial charge in [0.2, 0.25) is 0 Å². The van der Waals surface area contributed by atoms with E-state index in [-0.39, 0.29) is 4.90 Å². The van der Waals surface area contributed by atoms with Gasteiger partial charge in [-0.05, 0) is 37.1 Å². The van der Waals surface area contributed by atoms with Crippen molar-refractivity contribution in [2.75, 3.05) is 20.2 Å². The molecular formula is C16H22N2O4S. The summed E-state index contributed by atoms with van der Waals surface area (Å²) in [6.45, 7) is 3.80. The van der Waals surface area contributed by atoms with Crippen LogP contribution in [0.25, 0.3) is 0 Å². The fourth-order valence-electron chi connectivity index (χ4n) is 2.48. The minimum atomic E-state index is -3.76. The summed E-state index contributed by atoms with van der Waals surface area (Å²) in [6.07, 6.45) is 3.70. The van der Waals surface area contributed by atoms with E-state index in [1.807, 2.05) is 4.90 Å². The Kier molecular flexibility index (Phi) is 5.76. The highest BCUT2D eigenvalue weighted by atomic mass is 32.2. The summed E-state index contributed by atoms with van der Waals surface area (Å²) >= 11 is 0. The molecule has 0 atom stereocenters. The van der Waals surface area contributed by atoms with Gasteiger partial charge in [0, 0.05) is 19.5 Å². The molecule has 23 heavy (non-hydrogen) atoms. The minimum absolute atomic E-state index is 0.0833. The lowest BCUT2D eigenvalue weighted by Crippen LogP contribution is -2.26. The van der Waals surface area contributed by atoms with Crippen LogP contribution < -0.4 is 0 Å². The molecule has 2 rings (SSSR count). The molecule has 0 aromatic heterocycles. The number of unbranched alkanes of at least 4 members (excludes halogenated alkanes) is 1. The maximum absolute atomic E-state index is 12.4. The minimum Gasteiger partial charge on any atom is -0.465 e. The predicted octanol–water partition coefficient (Wildman–Crippen LogP) is 2.46. The lowest BCUT2D eigenvalue weighted by Gasteiger charge is -2.18. The molecule has 1 heterocycles. The Morgan fingerprint density at radius 1 is 1.30 bits per heavy atom. The van der Waals surface area contributed by atoms with Crippen LogP contribution in [0, 0.1) is 0 Å². The zero-order valence-corrected chi connectivity index (χ0v) is 14.3. The van der Waals surface area contributed by atoms with Crippen molar-refractivity contribution in [2.45, 2.75) is 37.5 Å². The Morgan fingerprint density at radius 2 is 2.00 bits per heavy atom. The predicted molar refractivity (Wildman–Crippen MR) is 88.1 cm³/mol. The SMILES string of the molecule is CCCCN1CCCC1=NS(=O)(=O)c1ccc(C(=O)OC)cc1. The normalized spacial score (nSPS) is 16.8. The van der Waals surface area contributed by atoms with Crippen molar-refractivity contribution in [2.24, 2.45) is 4.40 Å². The van der Waals surface area contributed by atoms with Crippen molar-refractivity contribution in [1.29, 1.82) is 0 Å². The number of hydrogen-bond donors (Lipinski definition) is 0. The van der Waals surface area contributed by atoms with Crippen molar-refractivity contribution >= 4 is 21.8 Å². The van der Waals surface area contributed by atoms with E-state index in [1.165, 1.54) is 31.4 Å². The standard InChI is InChI=1S/C16H22N2O4S/c1-3-4-11-18-12-5-6-15(18)17-23(20,21)14-9-7-13(8-10-14)16(19)22-2/h7-10H,3-6,11-12H2,1-2H3. The molecule has 0 bridgehead atoms. The van der Waals surface area contributed by atoms with Gasteiger partial charge in [-0.3, -0.25) is 0 Å². The second-order valence-electron chi connectivity index (χ2n) is 5.44. The van der Waals surface area contributed by atoms with Crippen LogP contribution >= 0.6 is 0 Å². The van der Waals surface area contributed by atoms with E-state index in [2.05, 4.69) is 16.1 Å². The molecule has 7 heteroatoms. The summed E-state index contributed by atoms with van der Waals surface area (Å²) in [7, 11) is -2.47. The fraction of sp³-hybridized carbons (Fsp3) is 0.500. The van der Waals surface area contributed by atoms with Crippen molar-refractivity contribution in [3.8, 4) is 0 Å². The first kappa shape index (κ1) is 17.5. The van der Waals surface area contributed by atoms with Gasteiger partial charge >= 0.3 is 5.97 Å². The molecule has 0 aliphatic carbocycles. The Morgan fingerprint density at radius 3 is 2.61 bits per heavy atom. The number of carbonyl (C=O) groups is 1. The van der Waals surface area contributed by atoms with Crippen molar-refractivity contribution < 1.29 is 17.9 Å². The van der Waals surface area contributed by atoms with Crippen LogP contribution in [0.15, 0.2) is 33.6 Å². The zero-order chi connectivity index (χ0) is 16.9. The van der Waals surface area contributed by atoms with Gasteiger partial charge in [0.25, 0.3) is 10.0 Å². The molecule has 6 nitrogen and oxygen atoms in total. The van der Waals surface area contributed by atoms with Crippen LogP contribution in [-0.4, -0.2) is 45.3 Å². The largest absolute Gasteiger partial charge is 0.465 e. The maximum atomic E-state index is 12.4. The van der Waals surface area contributed by atoms with E-state index in [1.54, 1.807) is 0 Å². The number of methoxy groups -OCH3 is 1. The summed E-state index contributed by atoms with van der Waals surface area (Å²) in [5, 5.41) is 0. The third kappa shape index (κ3) is 4.31. The number of rotatable bonds is 6. The fourth-order valence-corrected chi connectivity index (χ4v) is 3.55. The highest BCUT2D eigenvalue weighted by Crippen LogP contribution is 2.19. The summed E-state index contributed by atoms with van der Waals surface area (Å²) in [4.78, 5) is 13.5. The molecule has 126 valence electrons. The van der Waals surface area contributed by atoms with Crippen LogP contribution in [0.4, 0.5) is 0 Å². The monoisotopic (exact) mass is 338 g/mol. The van der Waals surface area contributed by atoms with Gasteiger partial charge < -0.3 is 9.64 Å². The molecule has 1 aliphatic heterocycles. The number of sulfonamides is 1.